The van der Waals surface area contributed by atoms with Gasteiger partial charge in [0.2, 0.25) is 0 Å². The van der Waals surface area contributed by atoms with Crippen molar-refractivity contribution in [2.75, 3.05) is 0 Å². The van der Waals surface area contributed by atoms with Crippen LogP contribution in [0, 0.1) is 6.92 Å². The highest BCUT2D eigenvalue weighted by molar-refractivity contribution is 5.11. The SMILES string of the molecule is Cc1ccc(C[O-])nc1. The zero-order valence-corrected chi connectivity index (χ0v) is 5.29. The first-order chi connectivity index (χ1) is 4.33. The van der Waals surface area contributed by atoms with Gasteiger partial charge in [0, 0.05) is 11.9 Å². The third kappa shape index (κ3) is 1.50. The molecule has 2 heteroatoms. The lowest BCUT2D eigenvalue weighted by molar-refractivity contribution is -0.387. The summed E-state index contributed by atoms with van der Waals surface area (Å²) >= 11 is 0. The Morgan fingerprint density at radius 2 is 2.33 bits per heavy atom. The van der Waals surface area contributed by atoms with E-state index in [0.717, 1.165) is 5.56 Å². The predicted molar refractivity (Wildman–Crippen MR) is 32.7 cm³/mol. The average Bonchev–Trinajstić information content (AvgIpc) is 1.90. The Morgan fingerprint density at radius 1 is 1.56 bits per heavy atom. The van der Waals surface area contributed by atoms with E-state index in [4.69, 9.17) is 0 Å². The second kappa shape index (κ2) is 2.60. The first-order valence-corrected chi connectivity index (χ1v) is 2.82. The van der Waals surface area contributed by atoms with Gasteiger partial charge in [-0.3, -0.25) is 4.98 Å². The quantitative estimate of drug-likeness (QED) is 0.535. The van der Waals surface area contributed by atoms with Gasteiger partial charge in [0.25, 0.3) is 0 Å². The minimum Gasteiger partial charge on any atom is -0.850 e. The predicted octanol–water partition coefficient (Wildman–Crippen LogP) is 0.250. The molecule has 0 spiro atoms. The number of hydrogen-bond acceptors (Lipinski definition) is 2. The summed E-state index contributed by atoms with van der Waals surface area (Å²) in [5.74, 6) is 0. The highest BCUT2D eigenvalue weighted by atomic mass is 16.3. The Balaban J connectivity index is 2.88. The molecule has 0 aliphatic carbocycles. The first-order valence-electron chi connectivity index (χ1n) is 2.82. The van der Waals surface area contributed by atoms with Crippen LogP contribution < -0.4 is 5.11 Å². The summed E-state index contributed by atoms with van der Waals surface area (Å²) in [6.07, 6.45) is 1.70. The van der Waals surface area contributed by atoms with E-state index in [0.29, 0.717) is 5.69 Å². The third-order valence-electron chi connectivity index (χ3n) is 1.12. The van der Waals surface area contributed by atoms with E-state index in [2.05, 4.69) is 4.98 Å². The second-order valence-electron chi connectivity index (χ2n) is 1.97. The molecule has 9 heavy (non-hydrogen) atoms. The minimum absolute atomic E-state index is 0.222. The Labute approximate surface area is 54.2 Å². The summed E-state index contributed by atoms with van der Waals surface area (Å²) in [5.41, 5.74) is 1.70. The number of nitrogens with zero attached hydrogens (tertiary/aromatic N) is 1. The molecule has 48 valence electrons. The second-order valence-corrected chi connectivity index (χ2v) is 1.97. The van der Waals surface area contributed by atoms with Gasteiger partial charge in [0.05, 0.1) is 0 Å². The van der Waals surface area contributed by atoms with E-state index < -0.39 is 0 Å². The van der Waals surface area contributed by atoms with E-state index in [1.54, 1.807) is 12.3 Å². The Morgan fingerprint density at radius 3 is 2.78 bits per heavy atom. The molecule has 1 rings (SSSR count). The summed E-state index contributed by atoms with van der Waals surface area (Å²) in [6.45, 7) is 1.72. The fraction of sp³-hybridized carbons (Fsp3) is 0.286. The Hall–Kier alpha value is -0.890. The van der Waals surface area contributed by atoms with Crippen molar-refractivity contribution >= 4 is 0 Å². The molecule has 0 aliphatic rings. The van der Waals surface area contributed by atoms with Crippen LogP contribution in [-0.2, 0) is 6.61 Å². The van der Waals surface area contributed by atoms with Crippen molar-refractivity contribution in [3.8, 4) is 0 Å². The molecule has 0 fully saturated rings. The Bertz CT molecular complexity index is 181. The molecule has 0 amide bonds. The van der Waals surface area contributed by atoms with Gasteiger partial charge >= 0.3 is 0 Å². The molecule has 1 aromatic rings. The van der Waals surface area contributed by atoms with Crippen molar-refractivity contribution in [1.82, 2.24) is 4.98 Å². The highest BCUT2D eigenvalue weighted by Gasteiger charge is 1.83. The Kier molecular flexibility index (Phi) is 1.80. The van der Waals surface area contributed by atoms with E-state index in [-0.39, 0.29) is 6.61 Å². The summed E-state index contributed by atoms with van der Waals surface area (Å²) < 4.78 is 0. The molecule has 0 atom stereocenters. The molecule has 0 N–H and O–H groups in total. The van der Waals surface area contributed by atoms with E-state index in [1.165, 1.54) is 0 Å². The maximum absolute atomic E-state index is 10.2. The summed E-state index contributed by atoms with van der Waals surface area (Å²) in [7, 11) is 0. The van der Waals surface area contributed by atoms with Crippen molar-refractivity contribution < 1.29 is 5.11 Å². The van der Waals surface area contributed by atoms with Gasteiger partial charge in [-0.2, -0.15) is 0 Å². The van der Waals surface area contributed by atoms with Crippen LogP contribution in [0.2, 0.25) is 0 Å². The zero-order valence-electron chi connectivity index (χ0n) is 5.29. The topological polar surface area (TPSA) is 36.0 Å². The molecule has 1 aromatic heterocycles. The van der Waals surface area contributed by atoms with Gasteiger partial charge in [-0.15, -0.1) is 0 Å². The monoisotopic (exact) mass is 122 g/mol. The maximum atomic E-state index is 10.2. The van der Waals surface area contributed by atoms with E-state index >= 15 is 0 Å². The molecule has 0 saturated heterocycles. The summed E-state index contributed by atoms with van der Waals surface area (Å²) in [5, 5.41) is 10.2. The van der Waals surface area contributed by atoms with Crippen LogP contribution in [-0.4, -0.2) is 4.98 Å². The van der Waals surface area contributed by atoms with Gasteiger partial charge in [0.1, 0.15) is 0 Å². The van der Waals surface area contributed by atoms with Crippen molar-refractivity contribution in [3.63, 3.8) is 0 Å². The van der Waals surface area contributed by atoms with Crippen LogP contribution in [0.3, 0.4) is 0 Å². The molecular formula is C7H8NO-. The van der Waals surface area contributed by atoms with E-state index in [9.17, 15) is 5.11 Å². The number of aryl methyl sites for hydroxylation is 1. The summed E-state index contributed by atoms with van der Waals surface area (Å²) in [4.78, 5) is 3.88. The maximum Gasteiger partial charge on any atom is 0.0299 e. The number of rotatable bonds is 1. The third-order valence-corrected chi connectivity index (χ3v) is 1.12. The molecule has 0 aromatic carbocycles. The van der Waals surface area contributed by atoms with Gasteiger partial charge in [0.15, 0.2) is 0 Å². The molecule has 0 unspecified atom stereocenters. The van der Waals surface area contributed by atoms with Crippen LogP contribution in [0.15, 0.2) is 18.3 Å². The van der Waals surface area contributed by atoms with Crippen molar-refractivity contribution in [1.29, 1.82) is 0 Å². The zero-order chi connectivity index (χ0) is 6.69. The van der Waals surface area contributed by atoms with Crippen LogP contribution in [0.5, 0.6) is 0 Å². The smallest absolute Gasteiger partial charge is 0.0299 e. The van der Waals surface area contributed by atoms with Crippen LogP contribution >= 0.6 is 0 Å². The first kappa shape index (κ1) is 6.23. The van der Waals surface area contributed by atoms with Gasteiger partial charge in [-0.25, -0.2) is 0 Å². The molecular weight excluding hydrogens is 114 g/mol. The molecule has 0 aliphatic heterocycles. The fourth-order valence-corrected chi connectivity index (χ4v) is 0.584. The van der Waals surface area contributed by atoms with Gasteiger partial charge < -0.3 is 5.11 Å². The molecule has 2 nitrogen and oxygen atoms in total. The van der Waals surface area contributed by atoms with Gasteiger partial charge in [-0.1, -0.05) is 12.7 Å². The van der Waals surface area contributed by atoms with Crippen LogP contribution in [0.4, 0.5) is 0 Å². The van der Waals surface area contributed by atoms with Crippen molar-refractivity contribution in [2.45, 2.75) is 13.5 Å². The fourth-order valence-electron chi connectivity index (χ4n) is 0.584. The van der Waals surface area contributed by atoms with Crippen LogP contribution in [0.1, 0.15) is 11.3 Å². The van der Waals surface area contributed by atoms with Gasteiger partial charge in [-0.05, 0) is 18.6 Å². The number of aromatic nitrogens is 1. The number of hydrogen-bond donors (Lipinski definition) is 0. The lowest BCUT2D eigenvalue weighted by atomic mass is 10.3. The van der Waals surface area contributed by atoms with Crippen molar-refractivity contribution in [3.05, 3.63) is 29.6 Å². The van der Waals surface area contributed by atoms with Crippen LogP contribution in [0.25, 0.3) is 0 Å². The molecule has 0 bridgehead atoms. The largest absolute Gasteiger partial charge is 0.850 e. The molecule has 0 saturated carbocycles. The normalized spacial score (nSPS) is 9.56. The average molecular weight is 122 g/mol. The molecule has 1 heterocycles. The summed E-state index contributed by atoms with van der Waals surface area (Å²) in [6, 6.07) is 3.64. The van der Waals surface area contributed by atoms with E-state index in [1.807, 2.05) is 13.0 Å². The number of pyridine rings is 1. The standard InChI is InChI=1S/C7H8NO/c1-6-2-3-7(5-9)8-4-6/h2-4H,5H2,1H3/q-1. The lowest BCUT2D eigenvalue weighted by Crippen LogP contribution is -2.03. The molecule has 0 radical (unpaired) electrons. The highest BCUT2D eigenvalue weighted by Crippen LogP contribution is 1.95. The van der Waals surface area contributed by atoms with Crippen molar-refractivity contribution in [2.24, 2.45) is 0 Å². The minimum atomic E-state index is -0.222. The lowest BCUT2D eigenvalue weighted by Gasteiger charge is -2.01.